The highest BCUT2D eigenvalue weighted by atomic mass is 35.5. The van der Waals surface area contributed by atoms with Crippen LogP contribution in [0.3, 0.4) is 0 Å². The Morgan fingerprint density at radius 3 is 3.00 bits per heavy atom. The topological polar surface area (TPSA) is 68.2 Å². The molecule has 0 saturated heterocycles. The summed E-state index contributed by atoms with van der Waals surface area (Å²) in [6, 6.07) is 1.66. The summed E-state index contributed by atoms with van der Waals surface area (Å²) in [5, 5.41) is 1.12. The molecule has 0 aromatic carbocycles. The van der Waals surface area contributed by atoms with Gasteiger partial charge in [-0.1, -0.05) is 22.9 Å². The first-order valence-electron chi connectivity index (χ1n) is 5.35. The first-order valence-corrected chi connectivity index (χ1v) is 6.54. The Hall–Kier alpha value is -1.73. The molecule has 8 heteroatoms. The number of rotatable bonds is 5. The SMILES string of the molecule is Cc1nc(Cl)cc(N(C)c2ncc(COC=O)s2)n1. The van der Waals surface area contributed by atoms with Crippen LogP contribution >= 0.6 is 22.9 Å². The Kier molecular flexibility index (Phi) is 4.28. The molecular formula is C11H11ClN4O2S. The highest BCUT2D eigenvalue weighted by Crippen LogP contribution is 2.28. The Morgan fingerprint density at radius 2 is 2.32 bits per heavy atom. The van der Waals surface area contributed by atoms with Crippen molar-refractivity contribution < 1.29 is 9.53 Å². The summed E-state index contributed by atoms with van der Waals surface area (Å²) in [4.78, 5) is 25.3. The lowest BCUT2D eigenvalue weighted by molar-refractivity contribution is -0.129. The zero-order valence-electron chi connectivity index (χ0n) is 10.3. The van der Waals surface area contributed by atoms with E-state index in [0.29, 0.717) is 23.3 Å². The fourth-order valence-corrected chi connectivity index (χ4v) is 2.44. The monoisotopic (exact) mass is 298 g/mol. The number of thiazole rings is 1. The van der Waals surface area contributed by atoms with Crippen LogP contribution in [0.2, 0.25) is 5.15 Å². The third kappa shape index (κ3) is 3.39. The van der Waals surface area contributed by atoms with E-state index in [0.717, 1.165) is 10.0 Å². The van der Waals surface area contributed by atoms with E-state index in [1.807, 2.05) is 7.05 Å². The molecule has 2 rings (SSSR count). The van der Waals surface area contributed by atoms with E-state index < -0.39 is 0 Å². The van der Waals surface area contributed by atoms with Gasteiger partial charge in [-0.25, -0.2) is 15.0 Å². The predicted octanol–water partition coefficient (Wildman–Crippen LogP) is 2.34. The van der Waals surface area contributed by atoms with Gasteiger partial charge in [-0.3, -0.25) is 4.79 Å². The van der Waals surface area contributed by atoms with Gasteiger partial charge in [-0.15, -0.1) is 0 Å². The summed E-state index contributed by atoms with van der Waals surface area (Å²) in [6.07, 6.45) is 1.66. The zero-order valence-corrected chi connectivity index (χ0v) is 11.9. The normalized spacial score (nSPS) is 10.3. The molecule has 2 heterocycles. The lowest BCUT2D eigenvalue weighted by Crippen LogP contribution is -2.11. The van der Waals surface area contributed by atoms with E-state index >= 15 is 0 Å². The van der Waals surface area contributed by atoms with E-state index in [4.69, 9.17) is 11.6 Å². The van der Waals surface area contributed by atoms with Crippen LogP contribution in [0.15, 0.2) is 12.3 Å². The van der Waals surface area contributed by atoms with E-state index in [-0.39, 0.29) is 6.61 Å². The number of nitrogens with zero attached hydrogens (tertiary/aromatic N) is 4. The number of carbonyl (C=O) groups is 1. The summed E-state index contributed by atoms with van der Waals surface area (Å²) < 4.78 is 4.68. The van der Waals surface area contributed by atoms with E-state index in [9.17, 15) is 4.79 Å². The van der Waals surface area contributed by atoms with Crippen molar-refractivity contribution in [2.45, 2.75) is 13.5 Å². The van der Waals surface area contributed by atoms with Gasteiger partial charge in [-0.05, 0) is 6.92 Å². The molecule has 0 radical (unpaired) electrons. The van der Waals surface area contributed by atoms with Crippen molar-refractivity contribution >= 4 is 40.4 Å². The molecule has 100 valence electrons. The van der Waals surface area contributed by atoms with Gasteiger partial charge in [0.15, 0.2) is 5.13 Å². The summed E-state index contributed by atoms with van der Waals surface area (Å²) in [5.74, 6) is 1.25. The van der Waals surface area contributed by atoms with Crippen molar-refractivity contribution in [2.75, 3.05) is 11.9 Å². The molecule has 0 aliphatic heterocycles. The van der Waals surface area contributed by atoms with Crippen LogP contribution in [-0.2, 0) is 16.1 Å². The molecule has 0 fully saturated rings. The Bertz CT molecular complexity index is 570. The maximum atomic E-state index is 10.1. The third-order valence-corrected chi connectivity index (χ3v) is 3.50. The highest BCUT2D eigenvalue weighted by Gasteiger charge is 2.12. The maximum absolute atomic E-state index is 10.1. The molecule has 0 aliphatic rings. The number of halogens is 1. The summed E-state index contributed by atoms with van der Waals surface area (Å²) in [6.45, 7) is 2.41. The van der Waals surface area contributed by atoms with Crippen molar-refractivity contribution in [1.29, 1.82) is 0 Å². The molecule has 0 aliphatic carbocycles. The van der Waals surface area contributed by atoms with Crippen molar-refractivity contribution in [2.24, 2.45) is 0 Å². The summed E-state index contributed by atoms with van der Waals surface area (Å²) in [5.41, 5.74) is 0. The second-order valence-electron chi connectivity index (χ2n) is 3.67. The first kappa shape index (κ1) is 13.7. The van der Waals surface area contributed by atoms with Crippen LogP contribution in [0.5, 0.6) is 0 Å². The van der Waals surface area contributed by atoms with Crippen LogP contribution in [0.1, 0.15) is 10.7 Å². The lowest BCUT2D eigenvalue weighted by atomic mass is 10.5. The largest absolute Gasteiger partial charge is 0.462 e. The predicted molar refractivity (Wildman–Crippen MR) is 72.8 cm³/mol. The third-order valence-electron chi connectivity index (χ3n) is 2.26. The van der Waals surface area contributed by atoms with Crippen LogP contribution in [0.25, 0.3) is 0 Å². The van der Waals surface area contributed by atoms with E-state index in [1.54, 1.807) is 24.1 Å². The van der Waals surface area contributed by atoms with Gasteiger partial charge in [-0.2, -0.15) is 0 Å². The number of hydrogen-bond acceptors (Lipinski definition) is 7. The second kappa shape index (κ2) is 5.94. The summed E-state index contributed by atoms with van der Waals surface area (Å²) >= 11 is 7.32. The zero-order chi connectivity index (χ0) is 13.8. The Balaban J connectivity index is 2.20. The minimum Gasteiger partial charge on any atom is -0.462 e. The standard InChI is InChI=1S/C11H11ClN4O2S/c1-7-14-9(12)3-10(15-7)16(2)11-13-4-8(19-11)5-18-6-17/h3-4,6H,5H2,1-2H3. The molecule has 0 spiro atoms. The minimum absolute atomic E-state index is 0.221. The smallest absolute Gasteiger partial charge is 0.293 e. The van der Waals surface area contributed by atoms with E-state index in [1.165, 1.54) is 11.3 Å². The quantitative estimate of drug-likeness (QED) is 0.623. The molecule has 19 heavy (non-hydrogen) atoms. The van der Waals surface area contributed by atoms with Gasteiger partial charge in [0.05, 0.1) is 4.88 Å². The average molecular weight is 299 g/mol. The van der Waals surface area contributed by atoms with Crippen molar-refractivity contribution in [3.05, 3.63) is 28.1 Å². The van der Waals surface area contributed by atoms with Crippen LogP contribution < -0.4 is 4.90 Å². The molecular weight excluding hydrogens is 288 g/mol. The molecule has 2 aromatic rings. The maximum Gasteiger partial charge on any atom is 0.293 e. The molecule has 0 amide bonds. The number of hydrogen-bond donors (Lipinski definition) is 0. The number of aryl methyl sites for hydroxylation is 1. The molecule has 2 aromatic heterocycles. The fourth-order valence-electron chi connectivity index (χ4n) is 1.42. The lowest BCUT2D eigenvalue weighted by Gasteiger charge is -2.14. The minimum atomic E-state index is 0.221. The van der Waals surface area contributed by atoms with Crippen molar-refractivity contribution in [1.82, 2.24) is 15.0 Å². The van der Waals surface area contributed by atoms with Crippen LogP contribution in [0.4, 0.5) is 10.9 Å². The Labute approximate surface area is 119 Å². The molecule has 0 N–H and O–H groups in total. The number of carbonyl (C=O) groups excluding carboxylic acids is 1. The molecule has 6 nitrogen and oxygen atoms in total. The fraction of sp³-hybridized carbons (Fsp3) is 0.273. The summed E-state index contributed by atoms with van der Waals surface area (Å²) in [7, 11) is 1.83. The molecule has 0 unspecified atom stereocenters. The molecule has 0 bridgehead atoms. The average Bonchev–Trinajstić information content (AvgIpc) is 2.83. The number of aromatic nitrogens is 3. The van der Waals surface area contributed by atoms with Crippen molar-refractivity contribution in [3.63, 3.8) is 0 Å². The van der Waals surface area contributed by atoms with Gasteiger partial charge < -0.3 is 9.64 Å². The van der Waals surface area contributed by atoms with Crippen LogP contribution in [0, 0.1) is 6.92 Å². The number of ether oxygens (including phenoxy) is 1. The Morgan fingerprint density at radius 1 is 1.53 bits per heavy atom. The van der Waals surface area contributed by atoms with Crippen LogP contribution in [-0.4, -0.2) is 28.5 Å². The first-order chi connectivity index (χ1) is 9.10. The van der Waals surface area contributed by atoms with E-state index in [2.05, 4.69) is 19.7 Å². The van der Waals surface area contributed by atoms with Crippen molar-refractivity contribution in [3.8, 4) is 0 Å². The van der Waals surface area contributed by atoms with Gasteiger partial charge in [0.25, 0.3) is 6.47 Å². The van der Waals surface area contributed by atoms with Gasteiger partial charge in [0, 0.05) is 19.3 Å². The number of anilines is 2. The molecule has 0 atom stereocenters. The highest BCUT2D eigenvalue weighted by molar-refractivity contribution is 7.15. The van der Waals surface area contributed by atoms with Gasteiger partial charge >= 0.3 is 0 Å². The molecule has 0 saturated carbocycles. The van der Waals surface area contributed by atoms with Gasteiger partial charge in [0.1, 0.15) is 23.4 Å². The van der Waals surface area contributed by atoms with Gasteiger partial charge in [0.2, 0.25) is 0 Å². The second-order valence-corrected chi connectivity index (χ2v) is 5.15.